The third-order valence-electron chi connectivity index (χ3n) is 1.99. The van der Waals surface area contributed by atoms with Crippen LogP contribution in [0.3, 0.4) is 0 Å². The van der Waals surface area contributed by atoms with Gasteiger partial charge in [-0.2, -0.15) is 0 Å². The summed E-state index contributed by atoms with van der Waals surface area (Å²) < 4.78 is 2.87. The van der Waals surface area contributed by atoms with Crippen LogP contribution in [0, 0.1) is 0 Å². The van der Waals surface area contributed by atoms with E-state index < -0.39 is 0 Å². The number of hydrogen-bond acceptors (Lipinski definition) is 2. The molecule has 2 aromatic rings. The molecule has 0 aromatic carbocycles. The van der Waals surface area contributed by atoms with Crippen LogP contribution in [0.15, 0.2) is 29.3 Å². The third-order valence-corrected chi connectivity index (χ3v) is 2.60. The summed E-state index contributed by atoms with van der Waals surface area (Å²) in [5, 5.41) is 0. The first kappa shape index (κ1) is 8.56. The zero-order chi connectivity index (χ0) is 9.42. The van der Waals surface area contributed by atoms with Gasteiger partial charge in [-0.1, -0.05) is 0 Å². The highest BCUT2D eigenvalue weighted by atomic mass is 79.9. The summed E-state index contributed by atoms with van der Waals surface area (Å²) in [7, 11) is 4.05. The van der Waals surface area contributed by atoms with E-state index >= 15 is 0 Å². The average Bonchev–Trinajstić information content (AvgIpc) is 2.47. The first-order chi connectivity index (χ1) is 6.18. The van der Waals surface area contributed by atoms with Crippen molar-refractivity contribution >= 4 is 27.1 Å². The van der Waals surface area contributed by atoms with Crippen LogP contribution in [0.4, 0.5) is 5.69 Å². The molecule has 0 aliphatic rings. The van der Waals surface area contributed by atoms with Gasteiger partial charge in [-0.3, -0.25) is 0 Å². The predicted molar refractivity (Wildman–Crippen MR) is 57.2 cm³/mol. The van der Waals surface area contributed by atoms with Crippen LogP contribution in [-0.2, 0) is 0 Å². The van der Waals surface area contributed by atoms with E-state index in [0.717, 1.165) is 10.1 Å². The molecule has 0 saturated heterocycles. The molecule has 0 radical (unpaired) electrons. The van der Waals surface area contributed by atoms with Crippen molar-refractivity contribution in [2.75, 3.05) is 19.0 Å². The van der Waals surface area contributed by atoms with E-state index in [-0.39, 0.29) is 0 Å². The van der Waals surface area contributed by atoms with Crippen molar-refractivity contribution in [2.45, 2.75) is 0 Å². The van der Waals surface area contributed by atoms with Gasteiger partial charge in [0.2, 0.25) is 0 Å². The maximum atomic E-state index is 4.16. The Morgan fingerprint density at radius 1 is 1.46 bits per heavy atom. The molecular formula is C9H10BrN3. The Kier molecular flexibility index (Phi) is 2.00. The summed E-state index contributed by atoms with van der Waals surface area (Å²) in [6, 6.07) is 4.15. The van der Waals surface area contributed by atoms with Gasteiger partial charge in [0.25, 0.3) is 0 Å². The molecule has 68 valence electrons. The van der Waals surface area contributed by atoms with Gasteiger partial charge in [0.05, 0.1) is 5.52 Å². The largest absolute Gasteiger partial charge is 0.378 e. The molecule has 13 heavy (non-hydrogen) atoms. The Morgan fingerprint density at radius 3 is 2.92 bits per heavy atom. The molecule has 2 aromatic heterocycles. The predicted octanol–water partition coefficient (Wildman–Crippen LogP) is 2.16. The molecule has 4 heteroatoms. The lowest BCUT2D eigenvalue weighted by atomic mass is 10.3. The van der Waals surface area contributed by atoms with Crippen molar-refractivity contribution in [1.82, 2.24) is 9.38 Å². The Balaban J connectivity index is 2.66. The van der Waals surface area contributed by atoms with Crippen molar-refractivity contribution in [3.63, 3.8) is 0 Å². The lowest BCUT2D eigenvalue weighted by Crippen LogP contribution is -2.08. The highest BCUT2D eigenvalue weighted by molar-refractivity contribution is 9.10. The van der Waals surface area contributed by atoms with E-state index in [2.05, 4.69) is 37.9 Å². The molecule has 0 saturated carbocycles. The van der Waals surface area contributed by atoms with Crippen molar-refractivity contribution < 1.29 is 0 Å². The maximum Gasteiger partial charge on any atom is 0.131 e. The average molecular weight is 240 g/mol. The fraction of sp³-hybridized carbons (Fsp3) is 0.222. The van der Waals surface area contributed by atoms with Crippen LogP contribution >= 0.6 is 15.9 Å². The lowest BCUT2D eigenvalue weighted by molar-refractivity contribution is 1.10. The van der Waals surface area contributed by atoms with E-state index in [1.807, 2.05) is 24.7 Å². The summed E-state index contributed by atoms with van der Waals surface area (Å²) in [4.78, 5) is 6.23. The van der Waals surface area contributed by atoms with Gasteiger partial charge < -0.3 is 9.30 Å². The molecule has 0 aliphatic carbocycles. The molecule has 0 aliphatic heterocycles. The second kappa shape index (κ2) is 3.03. The second-order valence-electron chi connectivity index (χ2n) is 3.11. The highest BCUT2D eigenvalue weighted by Crippen LogP contribution is 2.20. The van der Waals surface area contributed by atoms with Gasteiger partial charge in [-0.15, -0.1) is 0 Å². The maximum absolute atomic E-state index is 4.16. The molecular weight excluding hydrogens is 230 g/mol. The SMILES string of the molecule is CN(C)c1ccn2cnc(Br)c2c1. The van der Waals surface area contributed by atoms with Crippen LogP contribution in [0.5, 0.6) is 0 Å². The molecule has 2 rings (SSSR count). The molecule has 0 bridgehead atoms. The summed E-state index contributed by atoms with van der Waals surface area (Å²) in [6.07, 6.45) is 3.79. The van der Waals surface area contributed by atoms with Gasteiger partial charge in [0.1, 0.15) is 10.9 Å². The van der Waals surface area contributed by atoms with E-state index in [4.69, 9.17) is 0 Å². The normalized spacial score (nSPS) is 10.7. The van der Waals surface area contributed by atoms with Crippen LogP contribution in [0.2, 0.25) is 0 Å². The van der Waals surface area contributed by atoms with Gasteiger partial charge in [-0.05, 0) is 28.1 Å². The van der Waals surface area contributed by atoms with E-state index in [1.165, 1.54) is 5.69 Å². The van der Waals surface area contributed by atoms with E-state index in [0.29, 0.717) is 0 Å². The number of anilines is 1. The standard InChI is InChI=1S/C9H10BrN3/c1-12(2)7-3-4-13-6-11-9(10)8(13)5-7/h3-6H,1-2H3. The van der Waals surface area contributed by atoms with Crippen molar-refractivity contribution in [3.8, 4) is 0 Å². The Bertz CT molecular complexity index is 433. The fourth-order valence-corrected chi connectivity index (χ4v) is 1.63. The number of imidazole rings is 1. The van der Waals surface area contributed by atoms with Crippen LogP contribution in [-0.4, -0.2) is 23.5 Å². The number of fused-ring (bicyclic) bond motifs is 1. The number of nitrogens with zero attached hydrogens (tertiary/aromatic N) is 3. The highest BCUT2D eigenvalue weighted by Gasteiger charge is 2.02. The second-order valence-corrected chi connectivity index (χ2v) is 3.86. The van der Waals surface area contributed by atoms with Crippen molar-refractivity contribution in [3.05, 3.63) is 29.3 Å². The third kappa shape index (κ3) is 1.42. The lowest BCUT2D eigenvalue weighted by Gasteiger charge is -2.12. The van der Waals surface area contributed by atoms with Crippen LogP contribution in [0.25, 0.3) is 5.52 Å². The summed E-state index contributed by atoms with van der Waals surface area (Å²) in [5.41, 5.74) is 2.26. The Morgan fingerprint density at radius 2 is 2.23 bits per heavy atom. The number of aromatic nitrogens is 2. The number of hydrogen-bond donors (Lipinski definition) is 0. The number of halogens is 1. The van der Waals surface area contributed by atoms with Gasteiger partial charge in [0.15, 0.2) is 0 Å². The van der Waals surface area contributed by atoms with Gasteiger partial charge in [0, 0.05) is 26.0 Å². The molecule has 0 amide bonds. The summed E-state index contributed by atoms with van der Waals surface area (Å²) in [6.45, 7) is 0. The zero-order valence-corrected chi connectivity index (χ0v) is 9.12. The molecule has 0 spiro atoms. The minimum absolute atomic E-state index is 0.885. The molecule has 2 heterocycles. The van der Waals surface area contributed by atoms with Crippen molar-refractivity contribution in [1.29, 1.82) is 0 Å². The Labute approximate surface area is 85.1 Å². The quantitative estimate of drug-likeness (QED) is 0.761. The zero-order valence-electron chi connectivity index (χ0n) is 7.53. The van der Waals surface area contributed by atoms with Crippen LogP contribution < -0.4 is 4.90 Å². The van der Waals surface area contributed by atoms with Crippen molar-refractivity contribution in [2.24, 2.45) is 0 Å². The molecule has 0 atom stereocenters. The fourth-order valence-electron chi connectivity index (χ4n) is 1.22. The number of pyridine rings is 1. The van der Waals surface area contributed by atoms with E-state index in [1.54, 1.807) is 6.33 Å². The first-order valence-electron chi connectivity index (χ1n) is 3.98. The molecule has 3 nitrogen and oxygen atoms in total. The topological polar surface area (TPSA) is 20.5 Å². The number of rotatable bonds is 1. The summed E-state index contributed by atoms with van der Waals surface area (Å²) in [5.74, 6) is 0. The van der Waals surface area contributed by atoms with Gasteiger partial charge in [-0.25, -0.2) is 4.98 Å². The van der Waals surface area contributed by atoms with Gasteiger partial charge >= 0.3 is 0 Å². The smallest absolute Gasteiger partial charge is 0.131 e. The molecule has 0 N–H and O–H groups in total. The summed E-state index contributed by atoms with van der Waals surface area (Å²) >= 11 is 3.40. The van der Waals surface area contributed by atoms with E-state index in [9.17, 15) is 0 Å². The first-order valence-corrected chi connectivity index (χ1v) is 4.77. The monoisotopic (exact) mass is 239 g/mol. The minimum Gasteiger partial charge on any atom is -0.378 e. The molecule has 0 unspecified atom stereocenters. The van der Waals surface area contributed by atoms with Crippen LogP contribution in [0.1, 0.15) is 0 Å². The molecule has 0 fully saturated rings. The Hall–Kier alpha value is -1.03. The minimum atomic E-state index is 0.885.